The molecule has 30 fully saturated rings. The average Bonchev–Trinajstić information content (AvgIpc) is 2.45. The van der Waals surface area contributed by atoms with Crippen LogP contribution in [0.5, 0.6) is 0 Å². The second-order valence-corrected chi connectivity index (χ2v) is 23.2. The molecule has 0 radical (unpaired) electrons. The third-order valence-electron chi connectivity index (χ3n) is 17.6. The Kier molecular flexibility index (Phi) is 24.2. The Balaban J connectivity index is 0.975. The molecule has 38 nitrogen and oxygen atoms in total. The van der Waals surface area contributed by atoms with E-state index in [4.69, 9.17) is 71.1 Å². The van der Waals surface area contributed by atoms with Crippen molar-refractivity contribution in [2.45, 2.75) is 259 Å². The number of rotatable bonds is 8. The standard InChI is InChI=1S/C50H84O38/c1-2-12-37-22(60)29(67)44(75-12)83-38-15(6-53)77-46(31(69)24(38)62)85-40-17(8-55)79-48(33(71)26(40)64)87-42-19(10-57)81-50(35(73)28(42)66)88-43-18(9-56)80-49(34(72)27(43)65)86-41-16(7-54)78-47(32(70)25(41)63)84-39-14(5-52)76-45(30(68)23(39)61)82-36-11(4-51)3-13(74-37)20(58)21(36)59/h11-73H,2-10H2,1H3/t11-,12-,13?,14-,15-,16-,17-,18-,19-,20+,21-,22-,23-,24-,25-,26-,27-,28-,29-,30-,31-,32-,33-,34-,35-,36?,37?,38?,39-,40?,41?,42?,43?,44?,45?,46?,47?,48?,49?,50?/m1/s1. The van der Waals surface area contributed by atoms with E-state index in [2.05, 4.69) is 0 Å². The summed E-state index contributed by atoms with van der Waals surface area (Å²) in [5.41, 5.74) is 0. The van der Waals surface area contributed by atoms with Gasteiger partial charge < -0.3 is 189 Å². The van der Waals surface area contributed by atoms with Gasteiger partial charge in [0.25, 0.3) is 0 Å². The van der Waals surface area contributed by atoms with E-state index in [-0.39, 0.29) is 12.8 Å². The molecule has 29 heterocycles. The molecule has 40 atom stereocenters. The molecule has 0 aromatic carbocycles. The highest BCUT2D eigenvalue weighted by Gasteiger charge is 2.60. The predicted octanol–water partition coefficient (Wildman–Crippen LogP) is -15.3. The molecule has 1 saturated carbocycles. The first kappa shape index (κ1) is 70.8. The van der Waals surface area contributed by atoms with Crippen LogP contribution in [0.4, 0.5) is 0 Å². The van der Waals surface area contributed by atoms with Gasteiger partial charge in [0, 0.05) is 12.5 Å². The molecule has 29 saturated heterocycles. The van der Waals surface area contributed by atoms with Crippen molar-refractivity contribution in [3.8, 4) is 0 Å². The quantitative estimate of drug-likeness (QED) is 0.107. The van der Waals surface area contributed by atoms with Gasteiger partial charge in [-0.25, -0.2) is 0 Å². The van der Waals surface area contributed by atoms with E-state index in [1.165, 1.54) is 0 Å². The second kappa shape index (κ2) is 30.1. The first-order chi connectivity index (χ1) is 41.9. The van der Waals surface area contributed by atoms with E-state index in [1.807, 2.05) is 0 Å². The van der Waals surface area contributed by atoms with Gasteiger partial charge in [0.2, 0.25) is 0 Å². The lowest BCUT2D eigenvalue weighted by molar-refractivity contribution is -0.399. The van der Waals surface area contributed by atoms with Crippen LogP contribution in [-0.2, 0) is 71.1 Å². The Hall–Kier alpha value is -1.52. The maximum absolute atomic E-state index is 11.6. The van der Waals surface area contributed by atoms with Crippen LogP contribution in [-0.4, -0.2) is 403 Å². The number of aliphatic hydroxyl groups is 23. The number of hydrogen-bond donors (Lipinski definition) is 23. The molecule has 30 aliphatic rings. The fourth-order valence-electron chi connectivity index (χ4n) is 12.6. The highest BCUT2D eigenvalue weighted by molar-refractivity contribution is 5.03. The van der Waals surface area contributed by atoms with Crippen LogP contribution in [0.25, 0.3) is 0 Å². The zero-order valence-corrected chi connectivity index (χ0v) is 46.9. The van der Waals surface area contributed by atoms with Crippen molar-refractivity contribution in [3.63, 3.8) is 0 Å². The molecular weight excluding hydrogens is 1210 g/mol. The monoisotopic (exact) mass is 1290 g/mol. The van der Waals surface area contributed by atoms with Gasteiger partial charge in [-0.1, -0.05) is 6.92 Å². The first-order valence-electron chi connectivity index (χ1n) is 28.9. The molecule has 23 N–H and O–H groups in total. The Morgan fingerprint density at radius 1 is 0.216 bits per heavy atom. The van der Waals surface area contributed by atoms with E-state index >= 15 is 0 Å². The summed E-state index contributed by atoms with van der Waals surface area (Å²) in [6.45, 7) is -5.54. The lowest BCUT2D eigenvalue weighted by atomic mass is 9.80. The molecule has 29 aliphatic heterocycles. The van der Waals surface area contributed by atoms with Crippen molar-refractivity contribution >= 4 is 0 Å². The molecular formula is C50H84O38. The van der Waals surface area contributed by atoms with Gasteiger partial charge in [-0.3, -0.25) is 0 Å². The minimum atomic E-state index is -2.23. The molecule has 512 valence electrons. The van der Waals surface area contributed by atoms with Crippen molar-refractivity contribution in [1.29, 1.82) is 0 Å². The Bertz CT molecular complexity index is 1700. The smallest absolute Gasteiger partial charge is 0.187 e. The molecule has 30 rings (SSSR count). The lowest BCUT2D eigenvalue weighted by Crippen LogP contribution is -2.68. The van der Waals surface area contributed by atoms with Crippen LogP contribution in [0.15, 0.2) is 0 Å². The Morgan fingerprint density at radius 2 is 0.409 bits per heavy atom. The summed E-state index contributed by atoms with van der Waals surface area (Å²) in [5, 5.41) is 256. The zero-order chi connectivity index (χ0) is 64.1. The number of ether oxygens (including phenoxy) is 15. The highest BCUT2D eigenvalue weighted by Crippen LogP contribution is 2.41. The molecule has 38 heteroatoms. The molecule has 1 aliphatic carbocycles. The number of hydrogen-bond acceptors (Lipinski definition) is 38. The maximum Gasteiger partial charge on any atom is 0.187 e. The summed E-state index contributed by atoms with van der Waals surface area (Å²) in [7, 11) is 0. The summed E-state index contributed by atoms with van der Waals surface area (Å²) < 4.78 is 86.8. The SMILES string of the molecule is CC[C@H]1OC2OC3[C@@H](CO)OC(OC4[C@@H](CO)OC(OC5[C@@H](CO)OC(OC6[C@@H](CO)OC(OC7[C@@H](CO)OC(O[C@H]8[C@H](O)[C@@H](O)C(OC9[C@@H](CO)CC(OC1[C@H](O)[C@H]2O)[C@H](O)[C@H]9O)O[C@@H]8CO)[C@H](O)[C@H]7O)[C@H](O)[C@H]6O)[C@H](O)[C@H]5O)[C@H](O)[C@H]4O)[C@H](O)[C@H]3O. The molecule has 16 bridgehead atoms. The fourth-order valence-corrected chi connectivity index (χ4v) is 12.6. The van der Waals surface area contributed by atoms with E-state index in [0.29, 0.717) is 0 Å². The predicted molar refractivity (Wildman–Crippen MR) is 268 cm³/mol. The van der Waals surface area contributed by atoms with E-state index in [0.717, 1.165) is 0 Å². The number of aliphatic hydroxyl groups excluding tert-OH is 23. The topological polar surface area (TPSA) is 604 Å². The van der Waals surface area contributed by atoms with E-state index < -0.39 is 292 Å². The Morgan fingerprint density at radius 3 is 0.614 bits per heavy atom. The van der Waals surface area contributed by atoms with Gasteiger partial charge in [0.05, 0.1) is 58.0 Å². The maximum atomic E-state index is 11.6. The van der Waals surface area contributed by atoms with Gasteiger partial charge in [0.15, 0.2) is 44.0 Å². The zero-order valence-electron chi connectivity index (χ0n) is 46.9. The minimum absolute atomic E-state index is 0.0245. The summed E-state index contributed by atoms with van der Waals surface area (Å²) in [6.07, 6.45) is -76.5. The lowest BCUT2D eigenvalue weighted by Gasteiger charge is -2.50. The van der Waals surface area contributed by atoms with Crippen molar-refractivity contribution in [3.05, 3.63) is 0 Å². The average molecular weight is 1290 g/mol. The highest BCUT2D eigenvalue weighted by atomic mass is 16.8. The molecule has 0 amide bonds. The van der Waals surface area contributed by atoms with Gasteiger partial charge in [-0.05, 0) is 12.8 Å². The molecule has 0 aromatic rings. The van der Waals surface area contributed by atoms with Crippen LogP contribution in [0, 0.1) is 5.92 Å². The molecule has 0 spiro atoms. The minimum Gasteiger partial charge on any atom is -0.396 e. The van der Waals surface area contributed by atoms with Gasteiger partial charge in [-0.2, -0.15) is 0 Å². The molecule has 88 heavy (non-hydrogen) atoms. The third kappa shape index (κ3) is 13.8. The molecule has 15 unspecified atom stereocenters. The summed E-state index contributed by atoms with van der Waals surface area (Å²) in [5.74, 6) is -1.21. The van der Waals surface area contributed by atoms with Crippen LogP contribution < -0.4 is 0 Å². The normalized spacial score (nSPS) is 55.4. The second-order valence-electron chi connectivity index (χ2n) is 23.2. The van der Waals surface area contributed by atoms with E-state index in [9.17, 15) is 117 Å². The fraction of sp³-hybridized carbons (Fsp3) is 1.00. The van der Waals surface area contributed by atoms with Crippen molar-refractivity contribution < 1.29 is 189 Å². The van der Waals surface area contributed by atoms with Crippen LogP contribution in [0.2, 0.25) is 0 Å². The Labute approximate surface area is 499 Å². The van der Waals surface area contributed by atoms with Crippen LogP contribution in [0.1, 0.15) is 19.8 Å². The van der Waals surface area contributed by atoms with Gasteiger partial charge in [0.1, 0.15) is 177 Å². The summed E-state index contributed by atoms with van der Waals surface area (Å²) >= 11 is 0. The molecule has 0 aromatic heterocycles. The largest absolute Gasteiger partial charge is 0.396 e. The summed E-state index contributed by atoms with van der Waals surface area (Å²) in [6, 6.07) is 0. The van der Waals surface area contributed by atoms with Gasteiger partial charge >= 0.3 is 0 Å². The van der Waals surface area contributed by atoms with Crippen molar-refractivity contribution in [1.82, 2.24) is 0 Å². The first-order valence-corrected chi connectivity index (χ1v) is 28.9. The van der Waals surface area contributed by atoms with Crippen LogP contribution in [0.3, 0.4) is 0 Å². The van der Waals surface area contributed by atoms with Crippen molar-refractivity contribution in [2.75, 3.05) is 46.2 Å². The van der Waals surface area contributed by atoms with Crippen molar-refractivity contribution in [2.24, 2.45) is 5.92 Å². The van der Waals surface area contributed by atoms with Gasteiger partial charge in [-0.15, -0.1) is 0 Å². The van der Waals surface area contributed by atoms with Crippen LogP contribution >= 0.6 is 0 Å². The third-order valence-corrected chi connectivity index (χ3v) is 17.6. The summed E-state index contributed by atoms with van der Waals surface area (Å²) in [4.78, 5) is 0. The van der Waals surface area contributed by atoms with E-state index in [1.54, 1.807) is 6.92 Å².